The number of hydrogen-bond acceptors (Lipinski definition) is 5. The molecule has 2 aliphatic rings. The minimum absolute atomic E-state index is 0.228. The highest BCUT2D eigenvalue weighted by Crippen LogP contribution is 2.39. The van der Waals surface area contributed by atoms with Crippen molar-refractivity contribution in [1.29, 1.82) is 0 Å². The van der Waals surface area contributed by atoms with Gasteiger partial charge in [-0.05, 0) is 49.7 Å². The zero-order valence-electron chi connectivity index (χ0n) is 19.7. The first-order valence-corrected chi connectivity index (χ1v) is 13.3. The Labute approximate surface area is 204 Å². The first-order chi connectivity index (χ1) is 16.5. The fourth-order valence-electron chi connectivity index (χ4n) is 5.38. The van der Waals surface area contributed by atoms with Crippen LogP contribution in [0.1, 0.15) is 86.6 Å². The van der Waals surface area contributed by atoms with Crippen molar-refractivity contribution in [2.45, 2.75) is 70.6 Å². The minimum Gasteiger partial charge on any atom is -0.481 e. The molecule has 2 aromatic rings. The van der Waals surface area contributed by atoms with Crippen LogP contribution in [0.3, 0.4) is 0 Å². The van der Waals surface area contributed by atoms with Crippen LogP contribution in [0.5, 0.6) is 0 Å². The molecule has 34 heavy (non-hydrogen) atoms. The van der Waals surface area contributed by atoms with Crippen molar-refractivity contribution < 1.29 is 24.2 Å². The summed E-state index contributed by atoms with van der Waals surface area (Å²) in [5, 5.41) is 14.7. The molecule has 1 heterocycles. The third kappa shape index (κ3) is 5.35. The molecule has 2 unspecified atom stereocenters. The van der Waals surface area contributed by atoms with Gasteiger partial charge in [0.2, 0.25) is 5.91 Å². The molecule has 1 amide bonds. The predicted octanol–water partition coefficient (Wildman–Crippen LogP) is 6.47. The molecule has 2 N–H and O–H groups in total. The molecule has 2 fully saturated rings. The number of carboxylic acid groups (broad SMARTS) is 1. The zero-order valence-corrected chi connectivity index (χ0v) is 20.5. The Morgan fingerprint density at radius 3 is 2.26 bits per heavy atom. The first kappa shape index (κ1) is 24.5. The molecule has 6 nitrogen and oxygen atoms in total. The van der Waals surface area contributed by atoms with Crippen molar-refractivity contribution in [2.75, 3.05) is 11.9 Å². The topological polar surface area (TPSA) is 92.7 Å². The number of hydrogen-bond donors (Lipinski definition) is 2. The maximum atomic E-state index is 13.1. The van der Waals surface area contributed by atoms with Gasteiger partial charge in [0.05, 0.1) is 18.4 Å². The summed E-state index contributed by atoms with van der Waals surface area (Å²) in [5.41, 5.74) is 3.31. The molecule has 2 aliphatic carbocycles. The van der Waals surface area contributed by atoms with Gasteiger partial charge in [-0.3, -0.25) is 9.59 Å². The van der Waals surface area contributed by atoms with Crippen LogP contribution in [-0.4, -0.2) is 29.6 Å². The monoisotopic (exact) mass is 483 g/mol. The van der Waals surface area contributed by atoms with Gasteiger partial charge in [-0.25, -0.2) is 4.79 Å². The molecule has 0 aliphatic heterocycles. The third-order valence-corrected chi connectivity index (χ3v) is 8.12. The van der Waals surface area contributed by atoms with E-state index in [9.17, 15) is 19.5 Å². The van der Waals surface area contributed by atoms with Gasteiger partial charge in [-0.15, -0.1) is 11.3 Å². The van der Waals surface area contributed by atoms with E-state index in [1.54, 1.807) is 6.92 Å². The number of carbonyl (C=O) groups excluding carboxylic acids is 2. The van der Waals surface area contributed by atoms with E-state index < -0.39 is 23.8 Å². The van der Waals surface area contributed by atoms with E-state index in [0.717, 1.165) is 24.0 Å². The standard InChI is InChI=1S/C27H33NO5S/c1-2-33-27(32)23-22(19-14-12-18(13-15-19)17-8-4-3-5-9-17)16-34-25(23)28-24(29)20-10-6-7-11-21(20)26(30)31/h12-17,20-21H,2-11H2,1H3,(H,28,29)(H,30,31). The van der Waals surface area contributed by atoms with E-state index in [1.165, 1.54) is 49.0 Å². The molecule has 7 heteroatoms. The second kappa shape index (κ2) is 11.2. The molecule has 4 rings (SSSR count). The molecule has 0 spiro atoms. The number of carboxylic acids is 1. The van der Waals surface area contributed by atoms with E-state index in [4.69, 9.17) is 4.74 Å². The summed E-state index contributed by atoms with van der Waals surface area (Å²) in [5.74, 6) is -2.44. The lowest BCUT2D eigenvalue weighted by Gasteiger charge is -2.27. The predicted molar refractivity (Wildman–Crippen MR) is 133 cm³/mol. The summed E-state index contributed by atoms with van der Waals surface area (Å²) in [4.78, 5) is 37.6. The highest BCUT2D eigenvalue weighted by molar-refractivity contribution is 7.15. The van der Waals surface area contributed by atoms with Gasteiger partial charge in [-0.1, -0.05) is 56.4 Å². The Bertz CT molecular complexity index is 1020. The average molecular weight is 484 g/mol. The van der Waals surface area contributed by atoms with E-state index in [-0.39, 0.29) is 12.5 Å². The van der Waals surface area contributed by atoms with Crippen LogP contribution in [0.2, 0.25) is 0 Å². The number of aliphatic carboxylic acids is 1. The van der Waals surface area contributed by atoms with Crippen LogP contribution in [-0.2, 0) is 14.3 Å². The summed E-state index contributed by atoms with van der Waals surface area (Å²) in [6.45, 7) is 1.98. The Morgan fingerprint density at radius 1 is 0.971 bits per heavy atom. The number of thiophene rings is 1. The van der Waals surface area contributed by atoms with Crippen molar-refractivity contribution >= 4 is 34.2 Å². The quantitative estimate of drug-likeness (QED) is 0.440. The summed E-state index contributed by atoms with van der Waals surface area (Å²) in [6.07, 6.45) is 8.99. The van der Waals surface area contributed by atoms with Gasteiger partial charge in [0, 0.05) is 10.9 Å². The van der Waals surface area contributed by atoms with E-state index in [2.05, 4.69) is 17.4 Å². The molecule has 0 saturated heterocycles. The molecule has 182 valence electrons. The Balaban J connectivity index is 1.59. The van der Waals surface area contributed by atoms with Crippen LogP contribution in [0.4, 0.5) is 5.00 Å². The van der Waals surface area contributed by atoms with Gasteiger partial charge in [-0.2, -0.15) is 0 Å². The average Bonchev–Trinajstić information content (AvgIpc) is 3.28. The van der Waals surface area contributed by atoms with Gasteiger partial charge >= 0.3 is 11.9 Å². The Morgan fingerprint density at radius 2 is 1.62 bits per heavy atom. The zero-order chi connectivity index (χ0) is 24.1. The number of ether oxygens (including phenoxy) is 1. The number of esters is 1. The Hall–Kier alpha value is -2.67. The third-order valence-electron chi connectivity index (χ3n) is 7.23. The van der Waals surface area contributed by atoms with Crippen molar-refractivity contribution in [3.05, 3.63) is 40.8 Å². The number of benzene rings is 1. The number of anilines is 1. The van der Waals surface area contributed by atoms with Crippen LogP contribution < -0.4 is 5.32 Å². The molecular formula is C27H33NO5S. The maximum Gasteiger partial charge on any atom is 0.341 e. The first-order valence-electron chi connectivity index (χ1n) is 12.4. The number of nitrogens with one attached hydrogen (secondary N) is 1. The van der Waals surface area contributed by atoms with Crippen molar-refractivity contribution in [3.63, 3.8) is 0 Å². The summed E-state index contributed by atoms with van der Waals surface area (Å²) in [7, 11) is 0. The van der Waals surface area contributed by atoms with E-state index in [1.807, 2.05) is 17.5 Å². The van der Waals surface area contributed by atoms with E-state index >= 15 is 0 Å². The smallest absolute Gasteiger partial charge is 0.341 e. The molecule has 1 aromatic carbocycles. The fraction of sp³-hybridized carbons (Fsp3) is 0.519. The lowest BCUT2D eigenvalue weighted by Crippen LogP contribution is -2.36. The molecular weight excluding hydrogens is 450 g/mol. The van der Waals surface area contributed by atoms with E-state index in [0.29, 0.717) is 29.3 Å². The molecule has 0 bridgehead atoms. The van der Waals surface area contributed by atoms with Crippen LogP contribution >= 0.6 is 11.3 Å². The minimum atomic E-state index is -0.935. The highest BCUT2D eigenvalue weighted by atomic mass is 32.1. The van der Waals surface area contributed by atoms with Gasteiger partial charge in [0.25, 0.3) is 0 Å². The maximum absolute atomic E-state index is 13.1. The lowest BCUT2D eigenvalue weighted by molar-refractivity contribution is -0.147. The Kier molecular flexibility index (Phi) is 8.03. The van der Waals surface area contributed by atoms with Crippen molar-refractivity contribution in [3.8, 4) is 11.1 Å². The number of amides is 1. The normalized spacial score (nSPS) is 21.1. The van der Waals surface area contributed by atoms with Crippen LogP contribution in [0.25, 0.3) is 11.1 Å². The van der Waals surface area contributed by atoms with Gasteiger partial charge in [0.15, 0.2) is 0 Å². The van der Waals surface area contributed by atoms with Crippen LogP contribution in [0, 0.1) is 11.8 Å². The summed E-state index contributed by atoms with van der Waals surface area (Å²) < 4.78 is 5.32. The summed E-state index contributed by atoms with van der Waals surface area (Å²) in [6, 6.07) is 8.38. The molecule has 0 radical (unpaired) electrons. The number of rotatable bonds is 7. The SMILES string of the molecule is CCOC(=O)c1c(-c2ccc(C3CCCCC3)cc2)csc1NC(=O)C1CCCCC1C(=O)O. The van der Waals surface area contributed by atoms with Crippen molar-refractivity contribution in [2.24, 2.45) is 11.8 Å². The van der Waals surface area contributed by atoms with Crippen LogP contribution in [0.15, 0.2) is 29.6 Å². The van der Waals surface area contributed by atoms with Gasteiger partial charge in [0.1, 0.15) is 10.6 Å². The second-order valence-corrected chi connectivity index (χ2v) is 10.2. The molecule has 1 aromatic heterocycles. The highest BCUT2D eigenvalue weighted by Gasteiger charge is 2.36. The number of carbonyl (C=O) groups is 3. The largest absolute Gasteiger partial charge is 0.481 e. The fourth-order valence-corrected chi connectivity index (χ4v) is 6.34. The second-order valence-electron chi connectivity index (χ2n) is 9.36. The summed E-state index contributed by atoms with van der Waals surface area (Å²) >= 11 is 1.28. The lowest BCUT2D eigenvalue weighted by atomic mass is 9.78. The van der Waals surface area contributed by atoms with Crippen molar-refractivity contribution in [1.82, 2.24) is 0 Å². The molecule has 2 saturated carbocycles. The molecule has 2 atom stereocenters. The van der Waals surface area contributed by atoms with Gasteiger partial charge < -0.3 is 15.2 Å².